The Labute approximate surface area is 357 Å². The van der Waals surface area contributed by atoms with Crippen LogP contribution in [-0.4, -0.2) is 100 Å². The maximum Gasteiger partial charge on any atom is 0.255 e. The molecule has 0 bridgehead atoms. The van der Waals surface area contributed by atoms with Gasteiger partial charge in [-0.2, -0.15) is 0 Å². The molecule has 5 fully saturated rings. The molecule has 4 aromatic rings. The Hall–Kier alpha value is -5.07. The molecule has 7 heterocycles. The van der Waals surface area contributed by atoms with Crippen LogP contribution >= 0.6 is 0 Å². The van der Waals surface area contributed by atoms with Gasteiger partial charge in [-0.1, -0.05) is 12.1 Å². The van der Waals surface area contributed by atoms with Crippen molar-refractivity contribution < 1.29 is 23.5 Å². The summed E-state index contributed by atoms with van der Waals surface area (Å²) in [4.78, 5) is 54.7. The minimum Gasteiger partial charge on any atom is -0.370 e. The summed E-state index contributed by atoms with van der Waals surface area (Å²) in [7, 11) is 0. The van der Waals surface area contributed by atoms with E-state index in [0.717, 1.165) is 91.4 Å². The molecule has 1 aliphatic carbocycles. The minimum atomic E-state index is -0.594. The number of ether oxygens (including phenoxy) is 1. The van der Waals surface area contributed by atoms with E-state index in [2.05, 4.69) is 83.0 Å². The van der Waals surface area contributed by atoms with Gasteiger partial charge < -0.3 is 24.4 Å². The van der Waals surface area contributed by atoms with Gasteiger partial charge in [-0.25, -0.2) is 9.37 Å². The van der Waals surface area contributed by atoms with Crippen molar-refractivity contribution in [3.63, 3.8) is 0 Å². The van der Waals surface area contributed by atoms with Crippen LogP contribution in [0.4, 0.5) is 15.9 Å². The maximum absolute atomic E-state index is 14.8. The van der Waals surface area contributed by atoms with Crippen molar-refractivity contribution in [2.24, 2.45) is 11.3 Å². The van der Waals surface area contributed by atoms with Crippen molar-refractivity contribution in [1.29, 1.82) is 0 Å². The molecule has 2 aromatic carbocycles. The standard InChI is InChI=1S/C49H58FN7O4/c1-47(2)24-31(25-48(3,4)61-47)21-38(32-5-9-41-39(23-32)40(50)29-51-41)33-6-11-43(52-28-33)56-15-13-49(14-16-56)26-36(27-49)55-19-17-54(18-20-55)35-7-8-37-34(22-35)30-57(46(37)60)42-10-12-44(58)53-45(42)59/h5-9,11,21-23,28-29,31,36,42,51H,10,12-20,24-27,30H2,1-4H3,(H,53,58,59)/t42-/m1/s1. The van der Waals surface area contributed by atoms with E-state index in [-0.39, 0.29) is 41.2 Å². The van der Waals surface area contributed by atoms with E-state index >= 15 is 0 Å². The Morgan fingerprint density at radius 2 is 1.59 bits per heavy atom. The molecule has 10 rings (SSSR count). The Morgan fingerprint density at radius 1 is 0.852 bits per heavy atom. The van der Waals surface area contributed by atoms with E-state index in [1.165, 1.54) is 31.9 Å². The van der Waals surface area contributed by atoms with Gasteiger partial charge in [0.15, 0.2) is 0 Å². The van der Waals surface area contributed by atoms with Gasteiger partial charge in [0.05, 0.1) is 11.2 Å². The number of hydrogen-bond donors (Lipinski definition) is 2. The number of amides is 3. The Balaban J connectivity index is 0.745. The number of benzene rings is 2. The average molecular weight is 828 g/mol. The van der Waals surface area contributed by atoms with Crippen LogP contribution in [0.2, 0.25) is 0 Å². The third-order valence-electron chi connectivity index (χ3n) is 14.7. The molecule has 11 nitrogen and oxygen atoms in total. The van der Waals surface area contributed by atoms with Crippen LogP contribution in [0.3, 0.4) is 0 Å². The van der Waals surface area contributed by atoms with E-state index < -0.39 is 6.04 Å². The first-order chi connectivity index (χ1) is 29.2. The van der Waals surface area contributed by atoms with Crippen molar-refractivity contribution in [2.45, 2.75) is 109 Å². The number of aromatic amines is 1. The van der Waals surface area contributed by atoms with Crippen molar-refractivity contribution in [3.05, 3.63) is 95.1 Å². The summed E-state index contributed by atoms with van der Waals surface area (Å²) in [6.07, 6.45) is 13.1. The number of rotatable bonds is 7. The lowest BCUT2D eigenvalue weighted by Crippen LogP contribution is -2.59. The highest BCUT2D eigenvalue weighted by molar-refractivity contribution is 6.05. The summed E-state index contributed by atoms with van der Waals surface area (Å²) in [6, 6.07) is 16.5. The average Bonchev–Trinajstić information content (AvgIpc) is 3.75. The van der Waals surface area contributed by atoms with Gasteiger partial charge in [-0.3, -0.25) is 24.6 Å². The van der Waals surface area contributed by atoms with Crippen LogP contribution in [0.1, 0.15) is 106 Å². The zero-order chi connectivity index (χ0) is 42.3. The van der Waals surface area contributed by atoms with E-state index in [1.54, 1.807) is 4.90 Å². The van der Waals surface area contributed by atoms with Gasteiger partial charge in [0.1, 0.15) is 17.7 Å². The lowest BCUT2D eigenvalue weighted by molar-refractivity contribution is -0.166. The van der Waals surface area contributed by atoms with E-state index in [1.807, 2.05) is 30.5 Å². The molecule has 1 spiro atoms. The minimum absolute atomic E-state index is 0.127. The number of aromatic nitrogens is 2. The monoisotopic (exact) mass is 827 g/mol. The van der Waals surface area contributed by atoms with Crippen LogP contribution < -0.4 is 15.1 Å². The highest BCUT2D eigenvalue weighted by Gasteiger charge is 2.48. The number of hydrogen-bond acceptors (Lipinski definition) is 8. The fraction of sp³-hybridized carbons (Fsp3) is 0.510. The molecule has 3 amide bonds. The molecule has 12 heteroatoms. The van der Waals surface area contributed by atoms with Crippen LogP contribution in [-0.2, 0) is 20.9 Å². The van der Waals surface area contributed by atoms with Crippen LogP contribution in [0.5, 0.6) is 0 Å². The number of halogens is 1. The van der Waals surface area contributed by atoms with Gasteiger partial charge in [0.25, 0.3) is 5.91 Å². The highest BCUT2D eigenvalue weighted by atomic mass is 19.1. The Kier molecular flexibility index (Phi) is 9.90. The number of carbonyl (C=O) groups excluding carboxylic acids is 3. The third kappa shape index (κ3) is 7.75. The molecule has 2 N–H and O–H groups in total. The summed E-state index contributed by atoms with van der Waals surface area (Å²) in [6.45, 7) is 15.0. The molecule has 4 saturated heterocycles. The molecule has 0 radical (unpaired) electrons. The molecule has 5 aliphatic heterocycles. The predicted octanol–water partition coefficient (Wildman–Crippen LogP) is 7.45. The zero-order valence-corrected chi connectivity index (χ0v) is 35.9. The molecular formula is C49H58FN7O4. The molecule has 61 heavy (non-hydrogen) atoms. The van der Waals surface area contributed by atoms with E-state index in [9.17, 15) is 18.8 Å². The van der Waals surface area contributed by atoms with Gasteiger partial charge in [0.2, 0.25) is 11.8 Å². The Bertz CT molecular complexity index is 2380. The third-order valence-corrected chi connectivity index (χ3v) is 14.7. The van der Waals surface area contributed by atoms with E-state index in [4.69, 9.17) is 9.72 Å². The predicted molar refractivity (Wildman–Crippen MR) is 235 cm³/mol. The Morgan fingerprint density at radius 3 is 2.30 bits per heavy atom. The highest BCUT2D eigenvalue weighted by Crippen LogP contribution is 2.51. The molecule has 1 atom stereocenters. The normalized spacial score (nSPS) is 24.7. The number of anilines is 2. The number of allylic oxidation sites excluding steroid dienone is 1. The largest absolute Gasteiger partial charge is 0.370 e. The smallest absolute Gasteiger partial charge is 0.255 e. The van der Waals surface area contributed by atoms with Crippen molar-refractivity contribution in [1.82, 2.24) is 25.1 Å². The summed E-state index contributed by atoms with van der Waals surface area (Å²) in [5.41, 5.74) is 6.58. The van der Waals surface area contributed by atoms with Gasteiger partial charge in [-0.05, 0) is 143 Å². The molecular weight excluding hydrogens is 770 g/mol. The zero-order valence-electron chi connectivity index (χ0n) is 35.9. The summed E-state index contributed by atoms with van der Waals surface area (Å²) < 4.78 is 21.2. The molecule has 2 aromatic heterocycles. The van der Waals surface area contributed by atoms with Crippen molar-refractivity contribution in [3.8, 4) is 0 Å². The molecule has 6 aliphatic rings. The number of pyridine rings is 1. The lowest BCUT2D eigenvalue weighted by atomic mass is 9.60. The number of H-pyrrole nitrogens is 1. The second-order valence-corrected chi connectivity index (χ2v) is 20.0. The second kappa shape index (κ2) is 15.1. The fourth-order valence-electron chi connectivity index (χ4n) is 11.8. The van der Waals surface area contributed by atoms with Gasteiger partial charge in [-0.15, -0.1) is 0 Å². The number of carbonyl (C=O) groups is 3. The fourth-order valence-corrected chi connectivity index (χ4v) is 11.8. The van der Waals surface area contributed by atoms with Crippen LogP contribution in [0.25, 0.3) is 16.5 Å². The quantitative estimate of drug-likeness (QED) is 0.185. The van der Waals surface area contributed by atoms with Crippen LogP contribution in [0.15, 0.2) is 67.0 Å². The summed E-state index contributed by atoms with van der Waals surface area (Å²) in [5.74, 6) is 0.305. The summed E-state index contributed by atoms with van der Waals surface area (Å²) >= 11 is 0. The number of piperidine rings is 2. The number of fused-ring (bicyclic) bond motifs is 2. The molecule has 320 valence electrons. The first kappa shape index (κ1) is 40.0. The van der Waals surface area contributed by atoms with Crippen molar-refractivity contribution in [2.75, 3.05) is 49.1 Å². The van der Waals surface area contributed by atoms with Crippen molar-refractivity contribution >= 4 is 45.7 Å². The topological polar surface area (TPSA) is 114 Å². The maximum atomic E-state index is 14.8. The number of nitrogens with zero attached hydrogens (tertiary/aromatic N) is 5. The van der Waals surface area contributed by atoms with E-state index in [0.29, 0.717) is 41.3 Å². The lowest BCUT2D eigenvalue weighted by Gasteiger charge is -2.56. The number of imide groups is 1. The van der Waals surface area contributed by atoms with Gasteiger partial charge >= 0.3 is 0 Å². The summed E-state index contributed by atoms with van der Waals surface area (Å²) in [5, 5.41) is 2.99. The first-order valence-electron chi connectivity index (χ1n) is 22.4. The SMILES string of the molecule is CC1(C)CC(C=C(c2ccc(N3CCC4(CC3)CC(N3CCN(c5ccc6c(c5)CN([C@@H]5CCC(=O)NC5=O)C6=O)CC3)C4)nc2)c2ccc3[nH]cc(F)c3c2)CC(C)(C)O1. The second-order valence-electron chi connectivity index (χ2n) is 20.0. The van der Waals surface area contributed by atoms with Gasteiger partial charge in [0, 0.05) is 98.4 Å². The molecule has 1 saturated carbocycles. The number of piperazine rings is 1. The molecule has 0 unspecified atom stereocenters. The number of nitrogens with one attached hydrogen (secondary N) is 2. The first-order valence-corrected chi connectivity index (χ1v) is 22.4. The van der Waals surface area contributed by atoms with Crippen LogP contribution in [0, 0.1) is 17.2 Å².